The second kappa shape index (κ2) is 9.03. The van der Waals surface area contributed by atoms with Crippen molar-refractivity contribution in [2.24, 2.45) is 17.8 Å². The van der Waals surface area contributed by atoms with Gasteiger partial charge in [-0.15, -0.1) is 0 Å². The van der Waals surface area contributed by atoms with E-state index in [9.17, 15) is 4.79 Å². The Morgan fingerprint density at radius 1 is 1.00 bits per heavy atom. The summed E-state index contributed by atoms with van der Waals surface area (Å²) in [6.45, 7) is 14.7. The predicted octanol–water partition coefficient (Wildman–Crippen LogP) is 3.02. The normalized spacial score (nSPS) is 22.3. The second-order valence-electron chi connectivity index (χ2n) is 7.97. The fourth-order valence-corrected chi connectivity index (χ4v) is 3.80. The molecule has 0 saturated carbocycles. The molecule has 0 aromatic heterocycles. The zero-order valence-electron chi connectivity index (χ0n) is 15.6. The molecule has 134 valence electrons. The number of likely N-dealkylation sites (tertiary alicyclic amines) is 2. The minimum Gasteiger partial charge on any atom is -0.377 e. The molecule has 0 bridgehead atoms. The molecule has 0 aromatic carbocycles. The smallest absolute Gasteiger partial charge is 0.225 e. The molecule has 0 aromatic rings. The lowest BCUT2D eigenvalue weighted by molar-refractivity contribution is -0.137. The predicted molar refractivity (Wildman–Crippen MR) is 94.4 cm³/mol. The Labute approximate surface area is 142 Å². The Morgan fingerprint density at radius 2 is 1.61 bits per heavy atom. The first-order chi connectivity index (χ1) is 11.0. The van der Waals surface area contributed by atoms with Gasteiger partial charge in [0.1, 0.15) is 0 Å². The summed E-state index contributed by atoms with van der Waals surface area (Å²) < 4.78 is 6.07. The van der Waals surface area contributed by atoms with Crippen LogP contribution in [0.15, 0.2) is 0 Å². The van der Waals surface area contributed by atoms with Gasteiger partial charge in [-0.2, -0.15) is 0 Å². The molecule has 0 unspecified atom stereocenters. The summed E-state index contributed by atoms with van der Waals surface area (Å²) in [6, 6.07) is 0. The molecular formula is C19H36N2O2. The van der Waals surface area contributed by atoms with Crippen LogP contribution in [0.5, 0.6) is 0 Å². The Balaban J connectivity index is 1.57. The number of piperidine rings is 2. The van der Waals surface area contributed by atoms with E-state index in [1.54, 1.807) is 0 Å². The maximum atomic E-state index is 12.0. The molecule has 0 spiro atoms. The zero-order valence-corrected chi connectivity index (χ0v) is 15.6. The number of rotatable bonds is 6. The largest absolute Gasteiger partial charge is 0.377 e. The molecule has 0 atom stereocenters. The highest BCUT2D eigenvalue weighted by Crippen LogP contribution is 2.24. The molecule has 0 N–H and O–H groups in total. The van der Waals surface area contributed by atoms with Gasteiger partial charge < -0.3 is 14.5 Å². The van der Waals surface area contributed by atoms with E-state index >= 15 is 0 Å². The molecule has 4 nitrogen and oxygen atoms in total. The fourth-order valence-electron chi connectivity index (χ4n) is 3.80. The first-order valence-corrected chi connectivity index (χ1v) is 9.60. The topological polar surface area (TPSA) is 32.8 Å². The summed E-state index contributed by atoms with van der Waals surface area (Å²) >= 11 is 0. The van der Waals surface area contributed by atoms with Crippen molar-refractivity contribution >= 4 is 5.91 Å². The van der Waals surface area contributed by atoms with Crippen molar-refractivity contribution in [3.05, 3.63) is 0 Å². The van der Waals surface area contributed by atoms with Crippen molar-refractivity contribution in [2.45, 2.75) is 59.5 Å². The molecular weight excluding hydrogens is 288 g/mol. The van der Waals surface area contributed by atoms with E-state index < -0.39 is 0 Å². The number of carbonyl (C=O) groups is 1. The monoisotopic (exact) mass is 324 g/mol. The van der Waals surface area contributed by atoms with Crippen LogP contribution in [0.1, 0.15) is 53.4 Å². The van der Waals surface area contributed by atoms with Crippen LogP contribution in [0.3, 0.4) is 0 Å². The van der Waals surface area contributed by atoms with E-state index in [0.717, 1.165) is 50.9 Å². The summed E-state index contributed by atoms with van der Waals surface area (Å²) in [6.07, 6.45) is 5.02. The van der Waals surface area contributed by atoms with Crippen LogP contribution < -0.4 is 0 Å². The lowest BCUT2D eigenvalue weighted by Crippen LogP contribution is -2.43. The molecule has 0 radical (unpaired) electrons. The number of amides is 1. The van der Waals surface area contributed by atoms with Crippen LogP contribution in [0.2, 0.25) is 0 Å². The Morgan fingerprint density at radius 3 is 2.13 bits per heavy atom. The average Bonchev–Trinajstić information content (AvgIpc) is 2.55. The van der Waals surface area contributed by atoms with Gasteiger partial charge in [0.05, 0.1) is 12.7 Å². The fraction of sp³-hybridized carbons (Fsp3) is 0.947. The molecule has 1 amide bonds. The van der Waals surface area contributed by atoms with Gasteiger partial charge in [0.15, 0.2) is 0 Å². The van der Waals surface area contributed by atoms with E-state index in [1.807, 2.05) is 18.7 Å². The van der Waals surface area contributed by atoms with E-state index in [-0.39, 0.29) is 11.8 Å². The lowest BCUT2D eigenvalue weighted by Gasteiger charge is -2.35. The Kier molecular flexibility index (Phi) is 7.35. The van der Waals surface area contributed by atoms with Crippen LogP contribution in [0.4, 0.5) is 0 Å². The van der Waals surface area contributed by atoms with E-state index in [4.69, 9.17) is 4.74 Å². The van der Waals surface area contributed by atoms with Crippen molar-refractivity contribution in [3.8, 4) is 0 Å². The number of hydrogen-bond donors (Lipinski definition) is 0. The van der Waals surface area contributed by atoms with Gasteiger partial charge in [-0.25, -0.2) is 0 Å². The highest BCUT2D eigenvalue weighted by atomic mass is 16.5. The van der Waals surface area contributed by atoms with Crippen LogP contribution in [0.25, 0.3) is 0 Å². The Bertz CT molecular complexity index is 354. The number of ether oxygens (including phenoxy) is 1. The van der Waals surface area contributed by atoms with Crippen LogP contribution in [-0.2, 0) is 9.53 Å². The van der Waals surface area contributed by atoms with Gasteiger partial charge in [-0.05, 0) is 50.6 Å². The minimum atomic E-state index is 0.112. The Hall–Kier alpha value is -0.610. The number of carbonyl (C=O) groups excluding carboxylic acids is 1. The zero-order chi connectivity index (χ0) is 16.8. The summed E-state index contributed by atoms with van der Waals surface area (Å²) in [4.78, 5) is 16.5. The van der Waals surface area contributed by atoms with E-state index in [2.05, 4.69) is 18.7 Å². The van der Waals surface area contributed by atoms with Crippen molar-refractivity contribution in [1.82, 2.24) is 9.80 Å². The van der Waals surface area contributed by atoms with Crippen LogP contribution in [-0.4, -0.2) is 61.1 Å². The quantitative estimate of drug-likeness (QED) is 0.753. The first-order valence-electron chi connectivity index (χ1n) is 9.60. The molecule has 2 aliphatic rings. The number of nitrogens with zero attached hydrogens (tertiary/aromatic N) is 2. The number of hydrogen-bond acceptors (Lipinski definition) is 3. The molecule has 2 heterocycles. The highest BCUT2D eigenvalue weighted by Gasteiger charge is 2.25. The van der Waals surface area contributed by atoms with Gasteiger partial charge in [-0.3, -0.25) is 4.79 Å². The molecule has 4 heteroatoms. The molecule has 23 heavy (non-hydrogen) atoms. The molecule has 0 aliphatic carbocycles. The standard InChI is InChI=1S/C19H36N2O2/c1-15(2)17-5-9-20(10-6-17)13-14-23-18-7-11-21(12-8-18)19(22)16(3)4/h15-18H,5-14H2,1-4H3. The second-order valence-corrected chi connectivity index (χ2v) is 7.97. The van der Waals surface area contributed by atoms with Crippen molar-refractivity contribution < 1.29 is 9.53 Å². The van der Waals surface area contributed by atoms with E-state index in [0.29, 0.717) is 6.10 Å². The van der Waals surface area contributed by atoms with Gasteiger partial charge in [0.25, 0.3) is 0 Å². The van der Waals surface area contributed by atoms with Gasteiger partial charge in [0.2, 0.25) is 5.91 Å². The first kappa shape index (κ1) is 18.7. The third-order valence-electron chi connectivity index (χ3n) is 5.58. The summed E-state index contributed by atoms with van der Waals surface area (Å²) in [5.41, 5.74) is 0. The van der Waals surface area contributed by atoms with Crippen molar-refractivity contribution in [3.63, 3.8) is 0 Å². The molecule has 2 rings (SSSR count). The summed E-state index contributed by atoms with van der Waals surface area (Å²) in [7, 11) is 0. The molecule has 2 fully saturated rings. The minimum absolute atomic E-state index is 0.112. The highest BCUT2D eigenvalue weighted by molar-refractivity contribution is 5.78. The third-order valence-corrected chi connectivity index (χ3v) is 5.58. The molecule has 2 aliphatic heterocycles. The third kappa shape index (κ3) is 5.75. The van der Waals surface area contributed by atoms with Gasteiger partial charge in [-0.1, -0.05) is 27.7 Å². The van der Waals surface area contributed by atoms with E-state index in [1.165, 1.54) is 25.9 Å². The molecule has 2 saturated heterocycles. The van der Waals surface area contributed by atoms with Crippen LogP contribution >= 0.6 is 0 Å². The SMILES string of the molecule is CC(C)C(=O)N1CCC(OCCN2CCC(C(C)C)CC2)CC1. The maximum Gasteiger partial charge on any atom is 0.225 e. The van der Waals surface area contributed by atoms with Crippen molar-refractivity contribution in [1.29, 1.82) is 0 Å². The van der Waals surface area contributed by atoms with Gasteiger partial charge in [0, 0.05) is 25.6 Å². The summed E-state index contributed by atoms with van der Waals surface area (Å²) in [5, 5.41) is 0. The maximum absolute atomic E-state index is 12.0. The average molecular weight is 325 g/mol. The lowest BCUT2D eigenvalue weighted by atomic mass is 9.87. The van der Waals surface area contributed by atoms with Crippen molar-refractivity contribution in [2.75, 3.05) is 39.3 Å². The van der Waals surface area contributed by atoms with Gasteiger partial charge >= 0.3 is 0 Å². The van der Waals surface area contributed by atoms with Crippen LogP contribution in [0, 0.1) is 17.8 Å². The summed E-state index contributed by atoms with van der Waals surface area (Å²) in [5.74, 6) is 2.14.